The summed E-state index contributed by atoms with van der Waals surface area (Å²) >= 11 is 0. The van der Waals surface area contributed by atoms with Gasteiger partial charge in [0.2, 0.25) is 0 Å². The number of esters is 1. The molecule has 0 amide bonds. The summed E-state index contributed by atoms with van der Waals surface area (Å²) in [6.45, 7) is 5.92. The van der Waals surface area contributed by atoms with E-state index in [1.54, 1.807) is 19.2 Å². The first kappa shape index (κ1) is 12.6. The highest BCUT2D eigenvalue weighted by molar-refractivity contribution is 5.90. The molecule has 0 unspecified atom stereocenters. The van der Waals surface area contributed by atoms with Crippen LogP contribution in [0.4, 0.5) is 0 Å². The van der Waals surface area contributed by atoms with Gasteiger partial charge in [0.25, 0.3) is 0 Å². The largest absolute Gasteiger partial charge is 0.464 e. The molecule has 1 fully saturated rings. The van der Waals surface area contributed by atoms with Crippen molar-refractivity contribution in [1.82, 2.24) is 0 Å². The standard InChI is InChI=1S/C15H17NO2/c1-3-13-10-15(13,14(17)18-4-2)16-11-12-8-6-5-7-9-12/h3,5-9,11,13H,1,4,10H2,2H3/b16-11+/t13-,15-/m0/s1. The van der Waals surface area contributed by atoms with Crippen LogP contribution in [0, 0.1) is 5.92 Å². The van der Waals surface area contributed by atoms with Crippen molar-refractivity contribution in [3.63, 3.8) is 0 Å². The second-order valence-electron chi connectivity index (χ2n) is 4.36. The number of carbonyl (C=O) groups is 1. The quantitative estimate of drug-likeness (QED) is 0.453. The molecular weight excluding hydrogens is 226 g/mol. The van der Waals surface area contributed by atoms with Crippen molar-refractivity contribution in [3.8, 4) is 0 Å². The van der Waals surface area contributed by atoms with Gasteiger partial charge in [0.15, 0.2) is 5.54 Å². The molecule has 2 atom stereocenters. The van der Waals surface area contributed by atoms with Gasteiger partial charge in [0, 0.05) is 12.1 Å². The van der Waals surface area contributed by atoms with Gasteiger partial charge in [-0.05, 0) is 18.9 Å². The molecule has 0 spiro atoms. The highest BCUT2D eigenvalue weighted by Crippen LogP contribution is 2.48. The molecule has 2 rings (SSSR count). The Balaban J connectivity index is 2.16. The fourth-order valence-electron chi connectivity index (χ4n) is 1.98. The van der Waals surface area contributed by atoms with Gasteiger partial charge < -0.3 is 4.74 Å². The maximum Gasteiger partial charge on any atom is 0.334 e. The summed E-state index contributed by atoms with van der Waals surface area (Å²) in [4.78, 5) is 16.4. The number of aliphatic imine (C=N–C) groups is 1. The molecule has 0 aromatic heterocycles. The fourth-order valence-corrected chi connectivity index (χ4v) is 1.98. The second-order valence-corrected chi connectivity index (χ2v) is 4.36. The molecule has 3 nitrogen and oxygen atoms in total. The minimum atomic E-state index is -0.729. The number of hydrogen-bond acceptors (Lipinski definition) is 3. The molecule has 0 aliphatic heterocycles. The van der Waals surface area contributed by atoms with Crippen LogP contribution in [0.1, 0.15) is 18.9 Å². The summed E-state index contributed by atoms with van der Waals surface area (Å²) in [5.41, 5.74) is 0.254. The van der Waals surface area contributed by atoms with E-state index >= 15 is 0 Å². The van der Waals surface area contributed by atoms with Gasteiger partial charge in [0.1, 0.15) is 0 Å². The van der Waals surface area contributed by atoms with Crippen molar-refractivity contribution in [2.24, 2.45) is 10.9 Å². The van der Waals surface area contributed by atoms with E-state index in [1.165, 1.54) is 0 Å². The van der Waals surface area contributed by atoms with Gasteiger partial charge in [-0.2, -0.15) is 0 Å². The predicted molar refractivity (Wildman–Crippen MR) is 71.7 cm³/mol. The normalized spacial score (nSPS) is 25.9. The van der Waals surface area contributed by atoms with Gasteiger partial charge in [-0.25, -0.2) is 4.79 Å². The number of carbonyl (C=O) groups excluding carboxylic acids is 1. The third-order valence-corrected chi connectivity index (χ3v) is 3.14. The van der Waals surface area contributed by atoms with E-state index in [2.05, 4.69) is 11.6 Å². The summed E-state index contributed by atoms with van der Waals surface area (Å²) in [7, 11) is 0. The Morgan fingerprint density at radius 3 is 2.83 bits per heavy atom. The number of nitrogens with zero attached hydrogens (tertiary/aromatic N) is 1. The zero-order chi connectivity index (χ0) is 13.0. The molecule has 0 heterocycles. The highest BCUT2D eigenvalue weighted by atomic mass is 16.5. The molecule has 1 aromatic carbocycles. The third kappa shape index (κ3) is 2.35. The van der Waals surface area contributed by atoms with E-state index in [1.807, 2.05) is 30.3 Å². The lowest BCUT2D eigenvalue weighted by Crippen LogP contribution is -2.25. The average Bonchev–Trinajstić information content (AvgIpc) is 3.13. The maximum absolute atomic E-state index is 11.9. The van der Waals surface area contributed by atoms with E-state index in [4.69, 9.17) is 4.74 Å². The van der Waals surface area contributed by atoms with Gasteiger partial charge in [-0.15, -0.1) is 6.58 Å². The van der Waals surface area contributed by atoms with Crippen LogP contribution in [0.15, 0.2) is 48.0 Å². The monoisotopic (exact) mass is 243 g/mol. The molecular formula is C15H17NO2. The van der Waals surface area contributed by atoms with Crippen LogP contribution in [0.2, 0.25) is 0 Å². The van der Waals surface area contributed by atoms with Crippen molar-refractivity contribution in [3.05, 3.63) is 48.6 Å². The van der Waals surface area contributed by atoms with Crippen molar-refractivity contribution < 1.29 is 9.53 Å². The predicted octanol–water partition coefficient (Wildman–Crippen LogP) is 2.61. The molecule has 18 heavy (non-hydrogen) atoms. The van der Waals surface area contributed by atoms with E-state index < -0.39 is 5.54 Å². The minimum Gasteiger partial charge on any atom is -0.464 e. The first-order chi connectivity index (χ1) is 8.73. The second kappa shape index (κ2) is 5.17. The van der Waals surface area contributed by atoms with Crippen molar-refractivity contribution in [1.29, 1.82) is 0 Å². The Hall–Kier alpha value is -1.90. The molecule has 0 saturated heterocycles. The first-order valence-electron chi connectivity index (χ1n) is 6.13. The Kier molecular flexibility index (Phi) is 3.60. The Bertz CT molecular complexity index is 467. The van der Waals surface area contributed by atoms with Gasteiger partial charge in [-0.1, -0.05) is 36.4 Å². The van der Waals surface area contributed by atoms with Crippen LogP contribution in [-0.2, 0) is 9.53 Å². The van der Waals surface area contributed by atoms with Crippen LogP contribution in [0.5, 0.6) is 0 Å². The van der Waals surface area contributed by atoms with Crippen LogP contribution in [0.3, 0.4) is 0 Å². The Morgan fingerprint density at radius 1 is 1.56 bits per heavy atom. The number of benzene rings is 1. The zero-order valence-electron chi connectivity index (χ0n) is 10.5. The van der Waals surface area contributed by atoms with Crippen molar-refractivity contribution in [2.75, 3.05) is 6.61 Å². The molecule has 1 saturated carbocycles. The molecule has 0 N–H and O–H groups in total. The topological polar surface area (TPSA) is 38.7 Å². The molecule has 94 valence electrons. The average molecular weight is 243 g/mol. The van der Waals surface area contributed by atoms with Crippen molar-refractivity contribution in [2.45, 2.75) is 18.9 Å². The van der Waals surface area contributed by atoms with E-state index in [-0.39, 0.29) is 11.9 Å². The summed E-state index contributed by atoms with van der Waals surface area (Å²) in [5, 5.41) is 0. The molecule has 1 aliphatic carbocycles. The number of ether oxygens (including phenoxy) is 1. The van der Waals surface area contributed by atoms with E-state index in [0.29, 0.717) is 13.0 Å². The van der Waals surface area contributed by atoms with E-state index in [9.17, 15) is 4.79 Å². The van der Waals surface area contributed by atoms with Crippen LogP contribution in [0.25, 0.3) is 0 Å². The molecule has 3 heteroatoms. The first-order valence-corrected chi connectivity index (χ1v) is 6.13. The van der Waals surface area contributed by atoms with Gasteiger partial charge in [0.05, 0.1) is 6.61 Å². The number of hydrogen-bond donors (Lipinski definition) is 0. The summed E-state index contributed by atoms with van der Waals surface area (Å²) in [6, 6.07) is 9.73. The lowest BCUT2D eigenvalue weighted by atomic mass is 10.2. The lowest BCUT2D eigenvalue weighted by molar-refractivity contribution is -0.146. The van der Waals surface area contributed by atoms with Gasteiger partial charge >= 0.3 is 5.97 Å². The SMILES string of the molecule is C=C[C@H]1C[C@@]1(/N=C/c1ccccc1)C(=O)OCC. The number of rotatable bonds is 5. The summed E-state index contributed by atoms with van der Waals surface area (Å²) in [6.07, 6.45) is 4.21. The molecule has 1 aliphatic rings. The highest BCUT2D eigenvalue weighted by Gasteiger charge is 2.60. The zero-order valence-corrected chi connectivity index (χ0v) is 10.5. The molecule has 1 aromatic rings. The lowest BCUT2D eigenvalue weighted by Gasteiger charge is -2.09. The molecule has 0 radical (unpaired) electrons. The summed E-state index contributed by atoms with van der Waals surface area (Å²) in [5.74, 6) is -0.154. The van der Waals surface area contributed by atoms with E-state index in [0.717, 1.165) is 5.56 Å². The maximum atomic E-state index is 11.9. The third-order valence-electron chi connectivity index (χ3n) is 3.14. The smallest absolute Gasteiger partial charge is 0.334 e. The van der Waals surface area contributed by atoms with Crippen LogP contribution in [-0.4, -0.2) is 24.3 Å². The fraction of sp³-hybridized carbons (Fsp3) is 0.333. The van der Waals surface area contributed by atoms with Crippen molar-refractivity contribution >= 4 is 12.2 Å². The minimum absolute atomic E-state index is 0.0940. The molecule has 0 bridgehead atoms. The Morgan fingerprint density at radius 2 is 2.28 bits per heavy atom. The Labute approximate surface area is 107 Å². The summed E-state index contributed by atoms with van der Waals surface area (Å²) < 4.78 is 5.09. The van der Waals surface area contributed by atoms with Crippen LogP contribution < -0.4 is 0 Å². The van der Waals surface area contributed by atoms with Crippen LogP contribution >= 0.6 is 0 Å². The van der Waals surface area contributed by atoms with Gasteiger partial charge in [-0.3, -0.25) is 4.99 Å².